The normalized spacial score (nSPS) is 11.5. The molecule has 3 heterocycles. The number of thioether (sulfide) groups is 1. The van der Waals surface area contributed by atoms with Gasteiger partial charge in [0, 0.05) is 20.0 Å². The summed E-state index contributed by atoms with van der Waals surface area (Å²) in [6.07, 6.45) is 2.59. The van der Waals surface area contributed by atoms with Crippen LogP contribution in [0.25, 0.3) is 11.2 Å². The molecule has 0 spiro atoms. The predicted octanol–water partition coefficient (Wildman–Crippen LogP) is 1.20. The number of aromatic amines is 2. The Labute approximate surface area is 147 Å². The molecule has 0 aromatic carbocycles. The quantitative estimate of drug-likeness (QED) is 0.610. The number of hydrogen-bond donors (Lipinski definition) is 2. The predicted molar refractivity (Wildman–Crippen MR) is 95.8 cm³/mol. The van der Waals surface area contributed by atoms with Gasteiger partial charge in [0.05, 0.1) is 5.75 Å². The standard InChI is InChI=1S/C15H21N7O2S/c1-4-6-7-22-12-11(13(23)18-15(22)24)21(3)10(17-12)8-25-14-16-9(5-2)19-20-14/h4-8H2,1-3H3,(H,16,19,20)(H,18,23,24). The molecule has 3 aromatic heterocycles. The lowest BCUT2D eigenvalue weighted by molar-refractivity contribution is 0.613. The lowest BCUT2D eigenvalue weighted by Crippen LogP contribution is -2.31. The molecule has 0 aliphatic carbocycles. The zero-order valence-corrected chi connectivity index (χ0v) is 15.3. The van der Waals surface area contributed by atoms with E-state index in [1.165, 1.54) is 16.3 Å². The minimum atomic E-state index is -0.412. The smallest absolute Gasteiger partial charge is 0.325 e. The Morgan fingerprint density at radius 3 is 2.68 bits per heavy atom. The highest BCUT2D eigenvalue weighted by atomic mass is 32.2. The van der Waals surface area contributed by atoms with Crippen molar-refractivity contribution in [2.75, 3.05) is 0 Å². The topological polar surface area (TPSA) is 114 Å². The number of unbranched alkanes of at least 4 members (excludes halogenated alkanes) is 1. The van der Waals surface area contributed by atoms with Gasteiger partial charge in [0.2, 0.25) is 5.16 Å². The third-order valence-electron chi connectivity index (χ3n) is 4.02. The third kappa shape index (κ3) is 3.39. The van der Waals surface area contributed by atoms with Gasteiger partial charge in [0.15, 0.2) is 11.2 Å². The molecule has 3 aromatic rings. The lowest BCUT2D eigenvalue weighted by atomic mass is 10.3. The molecule has 0 atom stereocenters. The van der Waals surface area contributed by atoms with Crippen molar-refractivity contribution in [2.24, 2.45) is 7.05 Å². The monoisotopic (exact) mass is 363 g/mol. The van der Waals surface area contributed by atoms with Gasteiger partial charge in [0.1, 0.15) is 11.6 Å². The summed E-state index contributed by atoms with van der Waals surface area (Å²) in [4.78, 5) is 35.6. The van der Waals surface area contributed by atoms with Gasteiger partial charge in [0.25, 0.3) is 5.56 Å². The Morgan fingerprint density at radius 2 is 2.00 bits per heavy atom. The second-order valence-corrected chi connectivity index (χ2v) is 6.67. The van der Waals surface area contributed by atoms with Crippen LogP contribution in [-0.2, 0) is 25.8 Å². The molecule has 0 saturated carbocycles. The van der Waals surface area contributed by atoms with Gasteiger partial charge in [-0.1, -0.05) is 32.0 Å². The molecular formula is C15H21N7O2S. The average Bonchev–Trinajstić information content (AvgIpc) is 3.17. The number of rotatable bonds is 7. The van der Waals surface area contributed by atoms with E-state index in [0.717, 1.165) is 25.1 Å². The molecule has 134 valence electrons. The van der Waals surface area contributed by atoms with Crippen molar-refractivity contribution in [1.82, 2.24) is 34.3 Å². The molecule has 25 heavy (non-hydrogen) atoms. The average molecular weight is 363 g/mol. The third-order valence-corrected chi connectivity index (χ3v) is 4.86. The van der Waals surface area contributed by atoms with Crippen molar-refractivity contribution < 1.29 is 0 Å². The zero-order chi connectivity index (χ0) is 18.0. The Balaban J connectivity index is 1.96. The van der Waals surface area contributed by atoms with Gasteiger partial charge < -0.3 is 4.57 Å². The van der Waals surface area contributed by atoms with Crippen molar-refractivity contribution in [2.45, 2.75) is 50.6 Å². The summed E-state index contributed by atoms with van der Waals surface area (Å²) in [6.45, 7) is 4.59. The van der Waals surface area contributed by atoms with Gasteiger partial charge in [-0.2, -0.15) is 0 Å². The van der Waals surface area contributed by atoms with E-state index in [9.17, 15) is 9.59 Å². The fourth-order valence-electron chi connectivity index (χ4n) is 2.57. The van der Waals surface area contributed by atoms with Crippen LogP contribution in [0, 0.1) is 0 Å². The van der Waals surface area contributed by atoms with E-state index in [1.807, 2.05) is 6.92 Å². The molecule has 9 nitrogen and oxygen atoms in total. The highest BCUT2D eigenvalue weighted by Gasteiger charge is 2.17. The molecule has 0 aliphatic rings. The van der Waals surface area contributed by atoms with Crippen LogP contribution in [0.15, 0.2) is 14.7 Å². The number of aromatic nitrogens is 7. The van der Waals surface area contributed by atoms with Crippen molar-refractivity contribution in [3.05, 3.63) is 32.5 Å². The fourth-order valence-corrected chi connectivity index (χ4v) is 3.37. The summed E-state index contributed by atoms with van der Waals surface area (Å²) < 4.78 is 3.27. The van der Waals surface area contributed by atoms with Crippen molar-refractivity contribution in [3.8, 4) is 0 Å². The number of nitrogens with one attached hydrogen (secondary N) is 2. The lowest BCUT2D eigenvalue weighted by Gasteiger charge is -2.04. The van der Waals surface area contributed by atoms with E-state index in [-0.39, 0.29) is 0 Å². The molecule has 0 unspecified atom stereocenters. The van der Waals surface area contributed by atoms with E-state index in [0.29, 0.717) is 34.4 Å². The molecule has 3 rings (SSSR count). The molecular weight excluding hydrogens is 342 g/mol. The van der Waals surface area contributed by atoms with Crippen LogP contribution in [0.1, 0.15) is 38.3 Å². The zero-order valence-electron chi connectivity index (χ0n) is 14.5. The number of H-pyrrole nitrogens is 2. The molecule has 0 radical (unpaired) electrons. The van der Waals surface area contributed by atoms with Crippen LogP contribution in [0.2, 0.25) is 0 Å². The van der Waals surface area contributed by atoms with Crippen molar-refractivity contribution in [3.63, 3.8) is 0 Å². The first kappa shape index (κ1) is 17.5. The number of nitrogens with zero attached hydrogens (tertiary/aromatic N) is 5. The molecule has 0 amide bonds. The van der Waals surface area contributed by atoms with E-state index in [2.05, 4.69) is 32.1 Å². The van der Waals surface area contributed by atoms with Crippen LogP contribution in [0.5, 0.6) is 0 Å². The maximum atomic E-state index is 12.2. The summed E-state index contributed by atoms with van der Waals surface area (Å²) >= 11 is 1.44. The van der Waals surface area contributed by atoms with Gasteiger partial charge in [-0.05, 0) is 6.42 Å². The Hall–Kier alpha value is -2.36. The molecule has 2 N–H and O–H groups in total. The Kier molecular flexibility index (Phi) is 5.07. The number of hydrogen-bond acceptors (Lipinski definition) is 6. The highest BCUT2D eigenvalue weighted by molar-refractivity contribution is 7.98. The Bertz CT molecular complexity index is 998. The van der Waals surface area contributed by atoms with E-state index in [1.54, 1.807) is 11.6 Å². The summed E-state index contributed by atoms with van der Waals surface area (Å²) in [7, 11) is 1.78. The first-order valence-electron chi connectivity index (χ1n) is 8.27. The van der Waals surface area contributed by atoms with Gasteiger partial charge in [-0.3, -0.25) is 19.4 Å². The van der Waals surface area contributed by atoms with E-state index < -0.39 is 11.2 Å². The summed E-state index contributed by atoms with van der Waals surface area (Å²) in [5.74, 6) is 2.04. The highest BCUT2D eigenvalue weighted by Crippen LogP contribution is 2.20. The first-order valence-corrected chi connectivity index (χ1v) is 9.26. The van der Waals surface area contributed by atoms with Gasteiger partial charge >= 0.3 is 5.69 Å². The fraction of sp³-hybridized carbons (Fsp3) is 0.533. The summed E-state index contributed by atoms with van der Waals surface area (Å²) in [6, 6.07) is 0. The largest absolute Gasteiger partial charge is 0.330 e. The van der Waals surface area contributed by atoms with Crippen LogP contribution in [0.4, 0.5) is 0 Å². The molecule has 0 aliphatic heterocycles. The summed E-state index contributed by atoms with van der Waals surface area (Å²) in [5, 5.41) is 7.65. The van der Waals surface area contributed by atoms with Crippen molar-refractivity contribution in [1.29, 1.82) is 0 Å². The maximum Gasteiger partial charge on any atom is 0.330 e. The van der Waals surface area contributed by atoms with Crippen LogP contribution >= 0.6 is 11.8 Å². The first-order chi connectivity index (χ1) is 12.0. The SMILES string of the molecule is CCCCn1c(=O)[nH]c(=O)c2c1nc(CSc1n[nH]c(CC)n1)n2C. The Morgan fingerprint density at radius 1 is 1.20 bits per heavy atom. The minimum Gasteiger partial charge on any atom is -0.325 e. The van der Waals surface area contributed by atoms with Gasteiger partial charge in [-0.25, -0.2) is 14.8 Å². The second-order valence-electron chi connectivity index (χ2n) is 5.73. The molecule has 10 heteroatoms. The number of aryl methyl sites for hydroxylation is 3. The molecule has 0 bridgehead atoms. The maximum absolute atomic E-state index is 12.2. The van der Waals surface area contributed by atoms with E-state index >= 15 is 0 Å². The van der Waals surface area contributed by atoms with Crippen LogP contribution in [0.3, 0.4) is 0 Å². The summed E-state index contributed by atoms with van der Waals surface area (Å²) in [5.41, 5.74) is 0.0232. The number of imidazole rings is 1. The van der Waals surface area contributed by atoms with Gasteiger partial charge in [-0.15, -0.1) is 5.10 Å². The van der Waals surface area contributed by atoms with Crippen LogP contribution in [-0.4, -0.2) is 34.3 Å². The van der Waals surface area contributed by atoms with E-state index in [4.69, 9.17) is 0 Å². The molecule has 0 saturated heterocycles. The van der Waals surface area contributed by atoms with Crippen molar-refractivity contribution >= 4 is 22.9 Å². The van der Waals surface area contributed by atoms with Crippen LogP contribution < -0.4 is 11.2 Å². The second kappa shape index (κ2) is 7.26. The number of fused-ring (bicyclic) bond motifs is 1. The minimum absolute atomic E-state index is 0.412. The molecule has 0 fully saturated rings.